The number of carbonyl (C=O) groups excluding carboxylic acids is 1. The highest BCUT2D eigenvalue weighted by molar-refractivity contribution is 6.09. The number of hydrogen-bond acceptors (Lipinski definition) is 4. The fourth-order valence-corrected chi connectivity index (χ4v) is 4.17. The second-order valence-corrected chi connectivity index (χ2v) is 7.91. The highest BCUT2D eigenvalue weighted by Crippen LogP contribution is 2.36. The third-order valence-electron chi connectivity index (χ3n) is 5.81. The van der Waals surface area contributed by atoms with Crippen molar-refractivity contribution in [2.24, 2.45) is 4.99 Å². The summed E-state index contributed by atoms with van der Waals surface area (Å²) in [7, 11) is 0. The van der Waals surface area contributed by atoms with Gasteiger partial charge in [-0.1, -0.05) is 36.4 Å². The molecule has 1 unspecified atom stereocenters. The number of aromatic hydroxyl groups is 1. The quantitative estimate of drug-likeness (QED) is 0.428. The van der Waals surface area contributed by atoms with Crippen LogP contribution in [-0.4, -0.2) is 43.0 Å². The Labute approximate surface area is 185 Å². The van der Waals surface area contributed by atoms with Crippen LogP contribution in [0.1, 0.15) is 23.6 Å². The molecule has 1 aliphatic rings. The predicted molar refractivity (Wildman–Crippen MR) is 123 cm³/mol. The first-order valence-electron chi connectivity index (χ1n) is 10.6. The fourth-order valence-electron chi connectivity index (χ4n) is 4.17. The lowest BCUT2D eigenvalue weighted by Gasteiger charge is -2.24. The number of hydrogen-bond donors (Lipinski definition) is 3. The Balaban J connectivity index is 1.52. The van der Waals surface area contributed by atoms with Gasteiger partial charge in [0.15, 0.2) is 0 Å². The van der Waals surface area contributed by atoms with Gasteiger partial charge in [0.25, 0.3) is 0 Å². The number of fused-ring (bicyclic) bond motifs is 1. The highest BCUT2D eigenvalue weighted by atomic mass is 16.3. The third-order valence-corrected chi connectivity index (χ3v) is 5.81. The van der Waals surface area contributed by atoms with Crippen molar-refractivity contribution in [1.82, 2.24) is 24.8 Å². The van der Waals surface area contributed by atoms with E-state index >= 15 is 0 Å². The van der Waals surface area contributed by atoms with Gasteiger partial charge in [-0.05, 0) is 25.0 Å². The minimum absolute atomic E-state index is 0.181. The van der Waals surface area contributed by atoms with E-state index in [0.717, 1.165) is 35.1 Å². The molecule has 1 saturated heterocycles. The van der Waals surface area contributed by atoms with Crippen LogP contribution in [0.5, 0.6) is 5.75 Å². The average molecular weight is 428 g/mol. The molecule has 1 atom stereocenters. The summed E-state index contributed by atoms with van der Waals surface area (Å²) >= 11 is 0. The number of rotatable bonds is 6. The number of aromatic nitrogens is 3. The van der Waals surface area contributed by atoms with Gasteiger partial charge in [0.05, 0.1) is 12.0 Å². The number of H-pyrrole nitrogens is 1. The number of benzene rings is 2. The van der Waals surface area contributed by atoms with E-state index in [4.69, 9.17) is 4.99 Å². The maximum Gasteiger partial charge on any atom is 0.323 e. The number of phenolic OH excluding ortho intramolecular Hbond substituents is 1. The number of carbonyl (C=O) groups is 1. The molecule has 2 aromatic carbocycles. The number of amides is 2. The summed E-state index contributed by atoms with van der Waals surface area (Å²) in [5.74, 6) is 0.684. The number of aryl methyl sites for hydroxylation is 2. The Hall–Kier alpha value is -4.07. The maximum atomic E-state index is 13.0. The van der Waals surface area contributed by atoms with E-state index in [1.165, 1.54) is 0 Å². The third kappa shape index (κ3) is 3.60. The van der Waals surface area contributed by atoms with Gasteiger partial charge >= 0.3 is 6.03 Å². The molecule has 1 aliphatic heterocycles. The molecule has 1 fully saturated rings. The molecule has 8 nitrogen and oxygen atoms in total. The van der Waals surface area contributed by atoms with Crippen molar-refractivity contribution in [3.8, 4) is 5.75 Å². The van der Waals surface area contributed by atoms with Crippen LogP contribution < -0.4 is 5.32 Å². The molecule has 2 amide bonds. The number of nitrogens with zero attached hydrogens (tertiary/aromatic N) is 4. The zero-order valence-corrected chi connectivity index (χ0v) is 17.7. The van der Waals surface area contributed by atoms with E-state index in [1.54, 1.807) is 17.4 Å². The molecule has 3 heterocycles. The van der Waals surface area contributed by atoms with Gasteiger partial charge < -0.3 is 19.6 Å². The average Bonchev–Trinajstić information content (AvgIpc) is 3.52. The largest absolute Gasteiger partial charge is 0.507 e. The SMILES string of the molecule is Cc1cccc(C2/C(=N/c3c[nH]c4ccccc34)NC(=O)N2CCCn2ccnc2)c1O. The Bertz CT molecular complexity index is 1290. The van der Waals surface area contributed by atoms with Crippen molar-refractivity contribution in [3.63, 3.8) is 0 Å². The van der Waals surface area contributed by atoms with E-state index < -0.39 is 6.04 Å². The Morgan fingerprint density at radius 2 is 2.03 bits per heavy atom. The van der Waals surface area contributed by atoms with E-state index in [2.05, 4.69) is 15.3 Å². The van der Waals surface area contributed by atoms with Crippen molar-refractivity contribution < 1.29 is 9.90 Å². The monoisotopic (exact) mass is 428 g/mol. The number of urea groups is 1. The van der Waals surface area contributed by atoms with Crippen LogP contribution in [0.3, 0.4) is 0 Å². The Morgan fingerprint density at radius 3 is 2.88 bits per heavy atom. The second-order valence-electron chi connectivity index (χ2n) is 7.91. The molecule has 4 aromatic rings. The van der Waals surface area contributed by atoms with Crippen LogP contribution in [0.25, 0.3) is 10.9 Å². The number of phenols is 1. The fraction of sp³-hybridized carbons (Fsp3) is 0.208. The molecule has 0 radical (unpaired) electrons. The standard InChI is InChI=1S/C24H24N6O2/c1-16-6-4-8-18(22(16)31)21-23(27-20-14-26-19-9-3-2-7-17(19)20)28-24(32)30(21)12-5-11-29-13-10-25-15-29/h2-4,6-10,13-15,21,26,31H,5,11-12H2,1H3,(H,27,28,32). The van der Waals surface area contributed by atoms with Gasteiger partial charge in [0.1, 0.15) is 17.6 Å². The smallest absolute Gasteiger partial charge is 0.323 e. The van der Waals surface area contributed by atoms with Gasteiger partial charge in [-0.15, -0.1) is 0 Å². The molecule has 0 aliphatic carbocycles. The molecule has 0 bridgehead atoms. The first-order chi connectivity index (χ1) is 15.6. The first-order valence-corrected chi connectivity index (χ1v) is 10.6. The summed E-state index contributed by atoms with van der Waals surface area (Å²) in [6, 6.07) is 12.8. The zero-order valence-electron chi connectivity index (χ0n) is 17.7. The Morgan fingerprint density at radius 1 is 1.16 bits per heavy atom. The van der Waals surface area contributed by atoms with Gasteiger partial charge in [0.2, 0.25) is 0 Å². The van der Waals surface area contributed by atoms with Gasteiger partial charge in [0, 0.05) is 48.1 Å². The van der Waals surface area contributed by atoms with Crippen LogP contribution in [0.2, 0.25) is 0 Å². The number of para-hydroxylation sites is 2. The maximum absolute atomic E-state index is 13.0. The summed E-state index contributed by atoms with van der Waals surface area (Å²) in [6.45, 7) is 3.10. The molecule has 32 heavy (non-hydrogen) atoms. The van der Waals surface area contributed by atoms with Crippen LogP contribution in [-0.2, 0) is 6.54 Å². The minimum Gasteiger partial charge on any atom is -0.507 e. The van der Waals surface area contributed by atoms with Gasteiger partial charge in [-0.2, -0.15) is 0 Å². The summed E-state index contributed by atoms with van der Waals surface area (Å²) < 4.78 is 1.98. The van der Waals surface area contributed by atoms with Crippen molar-refractivity contribution in [2.45, 2.75) is 25.9 Å². The number of nitrogens with one attached hydrogen (secondary N) is 2. The van der Waals surface area contributed by atoms with Crippen LogP contribution in [0.15, 0.2) is 72.4 Å². The molecular weight excluding hydrogens is 404 g/mol. The van der Waals surface area contributed by atoms with E-state index in [9.17, 15) is 9.90 Å². The topological polar surface area (TPSA) is 98.5 Å². The molecular formula is C24H24N6O2. The minimum atomic E-state index is -0.501. The molecule has 162 valence electrons. The molecule has 0 spiro atoms. The lowest BCUT2D eigenvalue weighted by atomic mass is 10.0. The predicted octanol–water partition coefficient (Wildman–Crippen LogP) is 4.27. The number of aliphatic imine (C=N–C) groups is 1. The van der Waals surface area contributed by atoms with Gasteiger partial charge in [-0.3, -0.25) is 5.32 Å². The van der Waals surface area contributed by atoms with Crippen molar-refractivity contribution in [3.05, 3.63) is 78.5 Å². The second kappa shape index (κ2) is 8.22. The molecule has 2 aromatic heterocycles. The van der Waals surface area contributed by atoms with Gasteiger partial charge in [-0.25, -0.2) is 14.8 Å². The summed E-state index contributed by atoms with van der Waals surface area (Å²) in [5.41, 5.74) is 3.13. The summed E-state index contributed by atoms with van der Waals surface area (Å²) in [5, 5.41) is 14.7. The number of imidazole rings is 1. The van der Waals surface area contributed by atoms with Crippen LogP contribution in [0.4, 0.5) is 10.5 Å². The van der Waals surface area contributed by atoms with Crippen molar-refractivity contribution in [1.29, 1.82) is 0 Å². The first kappa shape index (κ1) is 19.9. The Kier molecular flexibility index (Phi) is 5.10. The summed E-state index contributed by atoms with van der Waals surface area (Å²) in [6.07, 6.45) is 7.98. The zero-order chi connectivity index (χ0) is 22.1. The van der Waals surface area contributed by atoms with Crippen molar-refractivity contribution in [2.75, 3.05) is 6.54 Å². The van der Waals surface area contributed by atoms with E-state index in [-0.39, 0.29) is 11.8 Å². The lowest BCUT2D eigenvalue weighted by molar-refractivity contribution is 0.203. The van der Waals surface area contributed by atoms with Crippen LogP contribution in [0, 0.1) is 6.92 Å². The number of aromatic amines is 1. The molecule has 0 saturated carbocycles. The van der Waals surface area contributed by atoms with E-state index in [0.29, 0.717) is 17.9 Å². The number of amidine groups is 1. The highest BCUT2D eigenvalue weighted by Gasteiger charge is 2.39. The summed E-state index contributed by atoms with van der Waals surface area (Å²) in [4.78, 5) is 26.8. The lowest BCUT2D eigenvalue weighted by Crippen LogP contribution is -2.31. The van der Waals surface area contributed by atoms with Crippen LogP contribution >= 0.6 is 0 Å². The van der Waals surface area contributed by atoms with Crippen molar-refractivity contribution >= 4 is 28.5 Å². The molecule has 5 rings (SSSR count). The normalized spacial score (nSPS) is 17.4. The molecule has 3 N–H and O–H groups in total. The van der Waals surface area contributed by atoms with E-state index in [1.807, 2.05) is 66.3 Å². The molecule has 8 heteroatoms.